The Hall–Kier alpha value is -2.82. The number of piperidine rings is 1. The van der Waals surface area contributed by atoms with Crippen molar-refractivity contribution in [2.24, 2.45) is 5.92 Å². The molecule has 0 spiro atoms. The first kappa shape index (κ1) is 21.0. The van der Waals surface area contributed by atoms with E-state index in [1.807, 2.05) is 47.4 Å². The molecule has 2 aliphatic heterocycles. The highest BCUT2D eigenvalue weighted by atomic mass is 16.2. The molecule has 3 fully saturated rings. The number of nitrogens with zero attached hydrogens (tertiary/aromatic N) is 2. The number of amides is 2. The van der Waals surface area contributed by atoms with Crippen LogP contribution in [0.1, 0.15) is 61.7 Å². The van der Waals surface area contributed by atoms with Crippen molar-refractivity contribution in [1.29, 1.82) is 0 Å². The maximum atomic E-state index is 13.4. The Labute approximate surface area is 190 Å². The highest BCUT2D eigenvalue weighted by molar-refractivity contribution is 6.02. The predicted octanol–water partition coefficient (Wildman–Crippen LogP) is 5.09. The lowest BCUT2D eigenvalue weighted by Crippen LogP contribution is -2.47. The maximum Gasteiger partial charge on any atom is 0.254 e. The van der Waals surface area contributed by atoms with E-state index in [0.29, 0.717) is 11.5 Å². The third kappa shape index (κ3) is 4.25. The van der Waals surface area contributed by atoms with Crippen LogP contribution >= 0.6 is 0 Å². The van der Waals surface area contributed by atoms with Gasteiger partial charge in [0.05, 0.1) is 0 Å². The van der Waals surface area contributed by atoms with Crippen molar-refractivity contribution in [3.8, 4) is 0 Å². The molecule has 2 saturated heterocycles. The molecule has 5 nitrogen and oxygen atoms in total. The summed E-state index contributed by atoms with van der Waals surface area (Å²) in [5, 5.41) is 3.11. The van der Waals surface area contributed by atoms with Crippen LogP contribution < -0.4 is 10.2 Å². The molecule has 0 bridgehead atoms. The van der Waals surface area contributed by atoms with E-state index in [4.69, 9.17) is 0 Å². The number of likely N-dealkylation sites (tertiary alicyclic amines) is 1. The van der Waals surface area contributed by atoms with Crippen LogP contribution in [0.3, 0.4) is 0 Å². The highest BCUT2D eigenvalue weighted by Gasteiger charge is 2.47. The van der Waals surface area contributed by atoms with Gasteiger partial charge in [0.2, 0.25) is 5.91 Å². The molecule has 1 N–H and O–H groups in total. The third-order valence-corrected chi connectivity index (χ3v) is 7.50. The largest absolute Gasteiger partial charge is 0.372 e. The minimum absolute atomic E-state index is 0.0133. The zero-order valence-electron chi connectivity index (χ0n) is 18.7. The van der Waals surface area contributed by atoms with E-state index in [-0.39, 0.29) is 17.9 Å². The molecule has 5 rings (SSSR count). The van der Waals surface area contributed by atoms with Gasteiger partial charge in [-0.2, -0.15) is 0 Å². The van der Waals surface area contributed by atoms with Gasteiger partial charge in [0.25, 0.3) is 5.91 Å². The first-order chi connectivity index (χ1) is 15.7. The predicted molar refractivity (Wildman–Crippen MR) is 128 cm³/mol. The van der Waals surface area contributed by atoms with Crippen LogP contribution in [0.4, 0.5) is 11.4 Å². The third-order valence-electron chi connectivity index (χ3n) is 7.50. The van der Waals surface area contributed by atoms with Gasteiger partial charge in [-0.1, -0.05) is 31.0 Å². The summed E-state index contributed by atoms with van der Waals surface area (Å²) in [4.78, 5) is 31.1. The fourth-order valence-corrected chi connectivity index (χ4v) is 5.85. The molecule has 2 aromatic carbocycles. The molecule has 0 aromatic heterocycles. The van der Waals surface area contributed by atoms with Crippen LogP contribution in [0.15, 0.2) is 54.6 Å². The minimum Gasteiger partial charge on any atom is -0.372 e. The van der Waals surface area contributed by atoms with Crippen molar-refractivity contribution in [3.05, 3.63) is 60.2 Å². The summed E-state index contributed by atoms with van der Waals surface area (Å²) in [6.45, 7) is 2.21. The quantitative estimate of drug-likeness (QED) is 0.734. The number of hydrogen-bond donors (Lipinski definition) is 1. The van der Waals surface area contributed by atoms with Gasteiger partial charge < -0.3 is 15.1 Å². The summed E-state index contributed by atoms with van der Waals surface area (Å²) in [5.41, 5.74) is 2.69. The van der Waals surface area contributed by atoms with Crippen molar-refractivity contribution in [2.45, 2.75) is 63.5 Å². The SMILES string of the molecule is O=C(Nc1ccc(N2CCCCC2)cc1)C1CC2CCCCC2N1C(=O)c1ccccc1. The number of hydrogen-bond acceptors (Lipinski definition) is 3. The second-order valence-corrected chi connectivity index (χ2v) is 9.53. The van der Waals surface area contributed by atoms with Crippen molar-refractivity contribution in [3.63, 3.8) is 0 Å². The molecular formula is C27H33N3O2. The Bertz CT molecular complexity index is 937. The Morgan fingerprint density at radius 3 is 2.28 bits per heavy atom. The number of carbonyl (C=O) groups excluding carboxylic acids is 2. The molecule has 0 radical (unpaired) electrons. The second-order valence-electron chi connectivity index (χ2n) is 9.53. The Kier molecular flexibility index (Phi) is 6.15. The van der Waals surface area contributed by atoms with E-state index >= 15 is 0 Å². The average molecular weight is 432 g/mol. The molecule has 5 heteroatoms. The molecule has 2 amide bonds. The van der Waals surface area contributed by atoms with Gasteiger partial charge in [0, 0.05) is 36.1 Å². The first-order valence-corrected chi connectivity index (χ1v) is 12.2. The van der Waals surface area contributed by atoms with Crippen LogP contribution in [0.25, 0.3) is 0 Å². The Balaban J connectivity index is 1.32. The molecule has 1 aliphatic carbocycles. The molecular weight excluding hydrogens is 398 g/mol. The monoisotopic (exact) mass is 431 g/mol. The lowest BCUT2D eigenvalue weighted by Gasteiger charge is -2.33. The first-order valence-electron chi connectivity index (χ1n) is 12.2. The van der Waals surface area contributed by atoms with Crippen LogP contribution in [-0.4, -0.2) is 41.9 Å². The average Bonchev–Trinajstić information content (AvgIpc) is 3.25. The fraction of sp³-hybridized carbons (Fsp3) is 0.481. The standard InChI is InChI=1S/C27H33N3O2/c31-26(28-22-13-15-23(16-14-22)29-17-7-2-8-18-29)25-19-21-11-5-6-12-24(21)30(25)27(32)20-9-3-1-4-10-20/h1,3-4,9-10,13-16,21,24-25H,2,5-8,11-12,17-19H2,(H,28,31). The van der Waals surface area contributed by atoms with Crippen LogP contribution in [-0.2, 0) is 4.79 Å². The summed E-state index contributed by atoms with van der Waals surface area (Å²) < 4.78 is 0. The maximum absolute atomic E-state index is 13.4. The number of anilines is 2. The van der Waals surface area contributed by atoms with E-state index in [1.54, 1.807) is 0 Å². The van der Waals surface area contributed by atoms with Crippen LogP contribution in [0.5, 0.6) is 0 Å². The van der Waals surface area contributed by atoms with E-state index in [0.717, 1.165) is 44.5 Å². The molecule has 1 saturated carbocycles. The number of carbonyl (C=O) groups is 2. The summed E-state index contributed by atoms with van der Waals surface area (Å²) in [7, 11) is 0. The second kappa shape index (κ2) is 9.35. The van der Waals surface area contributed by atoms with Gasteiger partial charge in [0.1, 0.15) is 6.04 Å². The van der Waals surface area contributed by atoms with Crippen molar-refractivity contribution in [1.82, 2.24) is 4.90 Å². The van der Waals surface area contributed by atoms with Gasteiger partial charge in [-0.25, -0.2) is 0 Å². The highest BCUT2D eigenvalue weighted by Crippen LogP contribution is 2.41. The smallest absolute Gasteiger partial charge is 0.254 e. The lowest BCUT2D eigenvalue weighted by atomic mass is 9.84. The molecule has 3 atom stereocenters. The summed E-state index contributed by atoms with van der Waals surface area (Å²) >= 11 is 0. The summed E-state index contributed by atoms with van der Waals surface area (Å²) in [5.74, 6) is 0.351. The zero-order valence-corrected chi connectivity index (χ0v) is 18.7. The van der Waals surface area contributed by atoms with Crippen LogP contribution in [0, 0.1) is 5.92 Å². The van der Waals surface area contributed by atoms with Gasteiger partial charge in [-0.05, 0) is 80.8 Å². The van der Waals surface area contributed by atoms with Gasteiger partial charge in [0.15, 0.2) is 0 Å². The molecule has 32 heavy (non-hydrogen) atoms. The summed E-state index contributed by atoms with van der Waals surface area (Å²) in [6.07, 6.45) is 9.00. The minimum atomic E-state index is -0.405. The number of rotatable bonds is 4. The van der Waals surface area contributed by atoms with Crippen molar-refractivity contribution in [2.75, 3.05) is 23.3 Å². The van der Waals surface area contributed by atoms with E-state index in [2.05, 4.69) is 22.3 Å². The number of nitrogens with one attached hydrogen (secondary N) is 1. The molecule has 2 aromatic rings. The molecule has 2 heterocycles. The zero-order chi connectivity index (χ0) is 21.9. The van der Waals surface area contributed by atoms with Crippen LogP contribution in [0.2, 0.25) is 0 Å². The van der Waals surface area contributed by atoms with Gasteiger partial charge in [-0.15, -0.1) is 0 Å². The normalized spacial score (nSPS) is 25.3. The van der Waals surface area contributed by atoms with Crippen molar-refractivity contribution < 1.29 is 9.59 Å². The van der Waals surface area contributed by atoms with Crippen molar-refractivity contribution >= 4 is 23.2 Å². The lowest BCUT2D eigenvalue weighted by molar-refractivity contribution is -0.120. The molecule has 168 valence electrons. The molecule has 3 unspecified atom stereocenters. The Morgan fingerprint density at radius 1 is 0.812 bits per heavy atom. The Morgan fingerprint density at radius 2 is 1.53 bits per heavy atom. The number of fused-ring (bicyclic) bond motifs is 1. The summed E-state index contributed by atoms with van der Waals surface area (Å²) in [6, 6.07) is 17.4. The van der Waals surface area contributed by atoms with E-state index in [9.17, 15) is 9.59 Å². The van der Waals surface area contributed by atoms with Gasteiger partial charge >= 0.3 is 0 Å². The molecule has 3 aliphatic rings. The van der Waals surface area contributed by atoms with E-state index < -0.39 is 6.04 Å². The van der Waals surface area contributed by atoms with E-state index in [1.165, 1.54) is 31.4 Å². The fourth-order valence-electron chi connectivity index (χ4n) is 5.85. The topological polar surface area (TPSA) is 52.7 Å². The van der Waals surface area contributed by atoms with Gasteiger partial charge in [-0.3, -0.25) is 9.59 Å². The number of benzene rings is 2.